The second-order valence-electron chi connectivity index (χ2n) is 5.01. The second-order valence-corrected chi connectivity index (χ2v) is 6.24. The summed E-state index contributed by atoms with van der Waals surface area (Å²) in [5.74, 6) is -0.222. The first kappa shape index (κ1) is 17.8. The van der Waals surface area contributed by atoms with Gasteiger partial charge in [-0.2, -0.15) is 0 Å². The Kier molecular flexibility index (Phi) is 5.81. The van der Waals surface area contributed by atoms with Crippen LogP contribution in [0.1, 0.15) is 27.7 Å². The zero-order chi connectivity index (χ0) is 17.7. The molecule has 0 aliphatic carbocycles. The smallest absolute Gasteiger partial charge is 0.339 e. The lowest BCUT2D eigenvalue weighted by molar-refractivity contribution is -0.118. The Bertz CT molecular complexity index is 736. The van der Waals surface area contributed by atoms with E-state index in [1.807, 2.05) is 13.8 Å². The van der Waals surface area contributed by atoms with Gasteiger partial charge in [-0.05, 0) is 43.2 Å². The van der Waals surface area contributed by atoms with Crippen LogP contribution >= 0.6 is 11.3 Å². The van der Waals surface area contributed by atoms with Crippen LogP contribution in [0.3, 0.4) is 0 Å². The second kappa shape index (κ2) is 7.83. The number of anilines is 1. The van der Waals surface area contributed by atoms with Crippen molar-refractivity contribution in [2.45, 2.75) is 20.3 Å². The van der Waals surface area contributed by atoms with Gasteiger partial charge in [0.25, 0.3) is 5.91 Å². The van der Waals surface area contributed by atoms with E-state index >= 15 is 0 Å². The maximum Gasteiger partial charge on any atom is 0.339 e. The fraction of sp³-hybridized carbons (Fsp3) is 0.294. The molecule has 2 aromatic rings. The highest BCUT2D eigenvalue weighted by Gasteiger charge is 2.21. The van der Waals surface area contributed by atoms with E-state index in [2.05, 4.69) is 5.32 Å². The highest BCUT2D eigenvalue weighted by atomic mass is 32.1. The minimum absolute atomic E-state index is 0.165. The molecule has 1 heterocycles. The van der Waals surface area contributed by atoms with Crippen LogP contribution in [0.25, 0.3) is 0 Å². The summed E-state index contributed by atoms with van der Waals surface area (Å²) in [5.41, 5.74) is 0.914. The standard InChI is InChI=1S/C17H19NO5S/c1-4-13-10(2)24-16(15(13)17(20)21)18-14(19)9-23-12-7-5-11(22-3)6-8-12/h5-8H,4,9H2,1-3H3,(H,18,19)(H,20,21). The minimum Gasteiger partial charge on any atom is -0.497 e. The maximum atomic E-state index is 12.0. The van der Waals surface area contributed by atoms with Gasteiger partial charge in [-0.15, -0.1) is 11.3 Å². The quantitative estimate of drug-likeness (QED) is 0.801. The number of amides is 1. The van der Waals surface area contributed by atoms with Gasteiger partial charge in [0, 0.05) is 4.88 Å². The molecule has 0 atom stereocenters. The average Bonchev–Trinajstić information content (AvgIpc) is 2.88. The number of rotatable bonds is 7. The van der Waals surface area contributed by atoms with Gasteiger partial charge in [-0.3, -0.25) is 4.79 Å². The molecule has 1 amide bonds. The number of carbonyl (C=O) groups excluding carboxylic acids is 1. The fourth-order valence-electron chi connectivity index (χ4n) is 2.30. The van der Waals surface area contributed by atoms with E-state index in [0.29, 0.717) is 22.9 Å². The lowest BCUT2D eigenvalue weighted by Crippen LogP contribution is -2.20. The summed E-state index contributed by atoms with van der Waals surface area (Å²) in [6.07, 6.45) is 0.599. The molecule has 1 aromatic carbocycles. The lowest BCUT2D eigenvalue weighted by atomic mass is 10.1. The zero-order valence-corrected chi connectivity index (χ0v) is 14.5. The Balaban J connectivity index is 2.03. The van der Waals surface area contributed by atoms with Crippen molar-refractivity contribution < 1.29 is 24.2 Å². The van der Waals surface area contributed by atoms with Gasteiger partial charge in [0.05, 0.1) is 12.7 Å². The number of ether oxygens (including phenoxy) is 2. The van der Waals surface area contributed by atoms with Crippen molar-refractivity contribution in [3.63, 3.8) is 0 Å². The molecule has 2 rings (SSSR count). The van der Waals surface area contributed by atoms with E-state index in [4.69, 9.17) is 9.47 Å². The minimum atomic E-state index is -1.04. The zero-order valence-electron chi connectivity index (χ0n) is 13.7. The van der Waals surface area contributed by atoms with Crippen LogP contribution < -0.4 is 14.8 Å². The molecular formula is C17H19NO5S. The van der Waals surface area contributed by atoms with Crippen LogP contribution in [0, 0.1) is 6.92 Å². The van der Waals surface area contributed by atoms with Crippen LogP contribution in [0.15, 0.2) is 24.3 Å². The molecule has 6 nitrogen and oxygen atoms in total. The molecule has 128 valence electrons. The lowest BCUT2D eigenvalue weighted by Gasteiger charge is -2.08. The monoisotopic (exact) mass is 349 g/mol. The molecule has 0 fully saturated rings. The molecule has 24 heavy (non-hydrogen) atoms. The van der Waals surface area contributed by atoms with E-state index in [0.717, 1.165) is 10.4 Å². The summed E-state index contributed by atoms with van der Waals surface area (Å²) in [5, 5.41) is 12.4. The summed E-state index contributed by atoms with van der Waals surface area (Å²) in [6, 6.07) is 6.84. The number of carboxylic acid groups (broad SMARTS) is 1. The summed E-state index contributed by atoms with van der Waals surface area (Å²) < 4.78 is 10.4. The Morgan fingerprint density at radius 1 is 1.21 bits per heavy atom. The van der Waals surface area contributed by atoms with Crippen molar-refractivity contribution in [2.24, 2.45) is 0 Å². The van der Waals surface area contributed by atoms with Crippen LogP contribution in [-0.2, 0) is 11.2 Å². The highest BCUT2D eigenvalue weighted by molar-refractivity contribution is 7.16. The van der Waals surface area contributed by atoms with Gasteiger partial charge >= 0.3 is 5.97 Å². The number of aromatic carboxylic acids is 1. The molecule has 1 aromatic heterocycles. The SMILES string of the molecule is CCc1c(C)sc(NC(=O)COc2ccc(OC)cc2)c1C(=O)O. The summed E-state index contributed by atoms with van der Waals surface area (Å²) in [6.45, 7) is 3.53. The predicted octanol–water partition coefficient (Wildman–Crippen LogP) is 3.34. The van der Waals surface area contributed by atoms with Crippen molar-refractivity contribution in [2.75, 3.05) is 19.0 Å². The van der Waals surface area contributed by atoms with E-state index in [9.17, 15) is 14.7 Å². The molecule has 0 spiro atoms. The number of carboxylic acids is 1. The van der Waals surface area contributed by atoms with Crippen molar-refractivity contribution in [1.82, 2.24) is 0 Å². The van der Waals surface area contributed by atoms with E-state index in [1.165, 1.54) is 11.3 Å². The van der Waals surface area contributed by atoms with Gasteiger partial charge in [-0.25, -0.2) is 4.79 Å². The normalized spacial score (nSPS) is 10.3. The Morgan fingerprint density at radius 3 is 2.38 bits per heavy atom. The van der Waals surface area contributed by atoms with Gasteiger partial charge in [0.2, 0.25) is 0 Å². The molecule has 0 aliphatic heterocycles. The Morgan fingerprint density at radius 2 is 1.83 bits per heavy atom. The number of aryl methyl sites for hydroxylation is 1. The van der Waals surface area contributed by atoms with Crippen molar-refractivity contribution in [1.29, 1.82) is 0 Å². The number of benzene rings is 1. The van der Waals surface area contributed by atoms with Crippen molar-refractivity contribution >= 4 is 28.2 Å². The average molecular weight is 349 g/mol. The van der Waals surface area contributed by atoms with Gasteiger partial charge < -0.3 is 19.9 Å². The number of carbonyl (C=O) groups is 2. The van der Waals surface area contributed by atoms with Gasteiger partial charge in [-0.1, -0.05) is 6.92 Å². The number of hydrogen-bond acceptors (Lipinski definition) is 5. The number of hydrogen-bond donors (Lipinski definition) is 2. The molecule has 2 N–H and O–H groups in total. The third kappa shape index (κ3) is 4.05. The Hall–Kier alpha value is -2.54. The molecule has 0 saturated heterocycles. The van der Waals surface area contributed by atoms with Gasteiger partial charge in [0.1, 0.15) is 16.5 Å². The first-order valence-electron chi connectivity index (χ1n) is 7.38. The van der Waals surface area contributed by atoms with Crippen LogP contribution in [0.5, 0.6) is 11.5 Å². The van der Waals surface area contributed by atoms with E-state index < -0.39 is 11.9 Å². The summed E-state index contributed by atoms with van der Waals surface area (Å²) in [4.78, 5) is 24.4. The molecule has 0 bridgehead atoms. The Labute approximate surface area is 144 Å². The first-order chi connectivity index (χ1) is 11.5. The number of thiophene rings is 1. The van der Waals surface area contributed by atoms with Crippen LogP contribution in [0.4, 0.5) is 5.00 Å². The molecule has 0 radical (unpaired) electrons. The number of methoxy groups -OCH3 is 1. The fourth-order valence-corrected chi connectivity index (χ4v) is 3.46. The molecule has 0 saturated carbocycles. The predicted molar refractivity (Wildman–Crippen MR) is 92.5 cm³/mol. The van der Waals surface area contributed by atoms with Gasteiger partial charge in [0.15, 0.2) is 6.61 Å². The topological polar surface area (TPSA) is 84.9 Å². The van der Waals surface area contributed by atoms with Crippen LogP contribution in [-0.4, -0.2) is 30.7 Å². The third-order valence-corrected chi connectivity index (χ3v) is 4.52. The molecule has 7 heteroatoms. The van der Waals surface area contributed by atoms with E-state index in [1.54, 1.807) is 31.4 Å². The molecule has 0 unspecified atom stereocenters. The van der Waals surface area contributed by atoms with Crippen molar-refractivity contribution in [3.05, 3.63) is 40.3 Å². The van der Waals surface area contributed by atoms with E-state index in [-0.39, 0.29) is 12.2 Å². The number of nitrogens with one attached hydrogen (secondary N) is 1. The third-order valence-electron chi connectivity index (χ3n) is 3.46. The summed E-state index contributed by atoms with van der Waals surface area (Å²) >= 11 is 1.26. The van der Waals surface area contributed by atoms with Crippen molar-refractivity contribution in [3.8, 4) is 11.5 Å². The van der Waals surface area contributed by atoms with Crippen LogP contribution in [0.2, 0.25) is 0 Å². The molecule has 0 aliphatic rings. The molecular weight excluding hydrogens is 330 g/mol. The maximum absolute atomic E-state index is 12.0. The largest absolute Gasteiger partial charge is 0.497 e. The first-order valence-corrected chi connectivity index (χ1v) is 8.20. The highest BCUT2D eigenvalue weighted by Crippen LogP contribution is 2.33. The summed E-state index contributed by atoms with van der Waals surface area (Å²) in [7, 11) is 1.57.